The quantitative estimate of drug-likeness (QED) is 0.670. The highest BCUT2D eigenvalue weighted by Gasteiger charge is 2.22. The first kappa shape index (κ1) is 13.4. The van der Waals surface area contributed by atoms with E-state index in [1.165, 1.54) is 0 Å². The van der Waals surface area contributed by atoms with Crippen LogP contribution in [0.2, 0.25) is 0 Å². The number of nitrogens with one attached hydrogen (secondary N) is 1. The van der Waals surface area contributed by atoms with Crippen LogP contribution in [0.3, 0.4) is 0 Å². The molecule has 0 aromatic carbocycles. The topological polar surface area (TPSA) is 64.4 Å². The molecule has 1 amide bonds. The van der Waals surface area contributed by atoms with Gasteiger partial charge < -0.3 is 5.73 Å². The van der Waals surface area contributed by atoms with Crippen molar-refractivity contribution in [3.63, 3.8) is 0 Å². The first-order chi connectivity index (χ1) is 6.28. The Labute approximate surface area is 86.1 Å². The minimum Gasteiger partial charge on any atom is -0.330 e. The van der Waals surface area contributed by atoms with E-state index in [4.69, 9.17) is 10.6 Å². The standard InChI is InChI=1S/C10H22N2O2/c1-7(2)8(6-11)9(13)12-14-10(3,4)5/h7-8H,6,11H2,1-5H3,(H,12,13). The summed E-state index contributed by atoms with van der Waals surface area (Å²) in [5.41, 5.74) is 7.56. The zero-order valence-corrected chi connectivity index (χ0v) is 9.76. The Bertz CT molecular complexity index is 185. The van der Waals surface area contributed by atoms with E-state index in [0.29, 0.717) is 6.54 Å². The SMILES string of the molecule is CC(C)C(CN)C(=O)NOC(C)(C)C. The molecule has 0 spiro atoms. The first-order valence-electron chi connectivity index (χ1n) is 4.96. The molecule has 0 bridgehead atoms. The molecule has 84 valence electrons. The number of hydroxylamine groups is 1. The van der Waals surface area contributed by atoms with Crippen molar-refractivity contribution in [1.29, 1.82) is 0 Å². The highest BCUT2D eigenvalue weighted by atomic mass is 16.7. The Morgan fingerprint density at radius 2 is 1.93 bits per heavy atom. The zero-order valence-electron chi connectivity index (χ0n) is 9.76. The molecule has 4 nitrogen and oxygen atoms in total. The number of hydrogen-bond donors (Lipinski definition) is 2. The van der Waals surface area contributed by atoms with Crippen LogP contribution in [0.5, 0.6) is 0 Å². The molecule has 3 N–H and O–H groups in total. The van der Waals surface area contributed by atoms with Crippen molar-refractivity contribution in [2.24, 2.45) is 17.6 Å². The van der Waals surface area contributed by atoms with E-state index in [9.17, 15) is 4.79 Å². The summed E-state index contributed by atoms with van der Waals surface area (Å²) in [6, 6.07) is 0. The Hall–Kier alpha value is -0.610. The summed E-state index contributed by atoms with van der Waals surface area (Å²) in [6.07, 6.45) is 0. The van der Waals surface area contributed by atoms with Gasteiger partial charge in [0.2, 0.25) is 5.91 Å². The molecule has 0 radical (unpaired) electrons. The van der Waals surface area contributed by atoms with Gasteiger partial charge in [-0.3, -0.25) is 9.63 Å². The second-order valence-corrected chi connectivity index (χ2v) is 4.77. The van der Waals surface area contributed by atoms with E-state index < -0.39 is 0 Å². The summed E-state index contributed by atoms with van der Waals surface area (Å²) in [6.45, 7) is 9.90. The van der Waals surface area contributed by atoms with Gasteiger partial charge in [0.15, 0.2) is 0 Å². The van der Waals surface area contributed by atoms with Crippen LogP contribution in [0.15, 0.2) is 0 Å². The maximum atomic E-state index is 11.5. The van der Waals surface area contributed by atoms with Gasteiger partial charge in [-0.2, -0.15) is 0 Å². The van der Waals surface area contributed by atoms with E-state index in [0.717, 1.165) is 0 Å². The van der Waals surface area contributed by atoms with Gasteiger partial charge in [0.1, 0.15) is 0 Å². The number of carbonyl (C=O) groups is 1. The third kappa shape index (κ3) is 5.19. The molecule has 0 saturated carbocycles. The third-order valence-electron chi connectivity index (χ3n) is 1.85. The molecule has 0 aliphatic carbocycles. The monoisotopic (exact) mass is 202 g/mol. The highest BCUT2D eigenvalue weighted by molar-refractivity contribution is 5.78. The third-order valence-corrected chi connectivity index (χ3v) is 1.85. The van der Waals surface area contributed by atoms with E-state index in [-0.39, 0.29) is 23.3 Å². The van der Waals surface area contributed by atoms with Crippen LogP contribution in [0.4, 0.5) is 0 Å². The largest absolute Gasteiger partial charge is 0.330 e. The van der Waals surface area contributed by atoms with Crippen molar-refractivity contribution < 1.29 is 9.63 Å². The van der Waals surface area contributed by atoms with Crippen LogP contribution in [-0.4, -0.2) is 18.1 Å². The number of hydrogen-bond acceptors (Lipinski definition) is 3. The molecular formula is C10H22N2O2. The van der Waals surface area contributed by atoms with Gasteiger partial charge in [-0.15, -0.1) is 0 Å². The predicted molar refractivity (Wildman–Crippen MR) is 56.4 cm³/mol. The lowest BCUT2D eigenvalue weighted by molar-refractivity contribution is -0.150. The highest BCUT2D eigenvalue weighted by Crippen LogP contribution is 2.10. The average molecular weight is 202 g/mol. The van der Waals surface area contributed by atoms with E-state index >= 15 is 0 Å². The lowest BCUT2D eigenvalue weighted by atomic mass is 9.95. The smallest absolute Gasteiger partial charge is 0.248 e. The summed E-state index contributed by atoms with van der Waals surface area (Å²) in [5, 5.41) is 0. The average Bonchev–Trinajstić information content (AvgIpc) is 2.00. The molecule has 0 aromatic heterocycles. The van der Waals surface area contributed by atoms with Crippen molar-refractivity contribution >= 4 is 5.91 Å². The van der Waals surface area contributed by atoms with Crippen molar-refractivity contribution in [2.45, 2.75) is 40.2 Å². The summed E-state index contributed by atoms with van der Waals surface area (Å²) in [5.74, 6) is -0.0988. The van der Waals surface area contributed by atoms with Crippen LogP contribution in [0.1, 0.15) is 34.6 Å². The Morgan fingerprint density at radius 1 is 1.43 bits per heavy atom. The van der Waals surface area contributed by atoms with Crippen LogP contribution in [-0.2, 0) is 9.63 Å². The maximum absolute atomic E-state index is 11.5. The minimum absolute atomic E-state index is 0.141. The van der Waals surface area contributed by atoms with Gasteiger partial charge in [-0.05, 0) is 26.7 Å². The molecule has 0 aliphatic heterocycles. The molecule has 0 fully saturated rings. The molecule has 0 aliphatic rings. The van der Waals surface area contributed by atoms with Gasteiger partial charge in [0.05, 0.1) is 11.5 Å². The van der Waals surface area contributed by atoms with Crippen LogP contribution >= 0.6 is 0 Å². The molecular weight excluding hydrogens is 180 g/mol. The molecule has 0 heterocycles. The number of carbonyl (C=O) groups excluding carboxylic acids is 1. The van der Waals surface area contributed by atoms with Crippen LogP contribution in [0.25, 0.3) is 0 Å². The normalized spacial score (nSPS) is 14.2. The van der Waals surface area contributed by atoms with E-state index in [1.807, 2.05) is 34.6 Å². The summed E-state index contributed by atoms with van der Waals surface area (Å²) >= 11 is 0. The molecule has 0 saturated heterocycles. The minimum atomic E-state index is -0.369. The summed E-state index contributed by atoms with van der Waals surface area (Å²) in [7, 11) is 0. The number of rotatable bonds is 4. The van der Waals surface area contributed by atoms with E-state index in [2.05, 4.69) is 5.48 Å². The van der Waals surface area contributed by atoms with Crippen molar-refractivity contribution in [2.75, 3.05) is 6.54 Å². The van der Waals surface area contributed by atoms with Gasteiger partial charge in [0.25, 0.3) is 0 Å². The van der Waals surface area contributed by atoms with Crippen molar-refractivity contribution in [3.05, 3.63) is 0 Å². The van der Waals surface area contributed by atoms with Crippen molar-refractivity contribution in [1.82, 2.24) is 5.48 Å². The summed E-state index contributed by atoms with van der Waals surface area (Å²) < 4.78 is 0. The second kappa shape index (κ2) is 5.32. The molecule has 0 rings (SSSR count). The second-order valence-electron chi connectivity index (χ2n) is 4.77. The van der Waals surface area contributed by atoms with Gasteiger partial charge in [-0.25, -0.2) is 5.48 Å². The van der Waals surface area contributed by atoms with Crippen LogP contribution in [0, 0.1) is 11.8 Å². The van der Waals surface area contributed by atoms with Gasteiger partial charge >= 0.3 is 0 Å². The zero-order chi connectivity index (χ0) is 11.4. The maximum Gasteiger partial charge on any atom is 0.248 e. The van der Waals surface area contributed by atoms with E-state index in [1.54, 1.807) is 0 Å². The first-order valence-corrected chi connectivity index (χ1v) is 4.96. The number of amides is 1. The molecule has 4 heteroatoms. The lowest BCUT2D eigenvalue weighted by Crippen LogP contribution is -2.41. The fourth-order valence-electron chi connectivity index (χ4n) is 0.961. The Balaban J connectivity index is 4.06. The molecule has 14 heavy (non-hydrogen) atoms. The van der Waals surface area contributed by atoms with Crippen molar-refractivity contribution in [3.8, 4) is 0 Å². The fraction of sp³-hybridized carbons (Fsp3) is 0.900. The summed E-state index contributed by atoms with van der Waals surface area (Å²) in [4.78, 5) is 16.7. The van der Waals surface area contributed by atoms with Gasteiger partial charge in [-0.1, -0.05) is 13.8 Å². The Kier molecular flexibility index (Phi) is 5.08. The molecule has 1 unspecified atom stereocenters. The molecule has 0 aromatic rings. The molecule has 1 atom stereocenters. The van der Waals surface area contributed by atoms with Crippen LogP contribution < -0.4 is 11.2 Å². The fourth-order valence-corrected chi connectivity index (χ4v) is 0.961. The predicted octanol–water partition coefficient (Wildman–Crippen LogP) is 1.06. The van der Waals surface area contributed by atoms with Gasteiger partial charge in [0, 0.05) is 6.54 Å². The number of nitrogens with two attached hydrogens (primary N) is 1. The Morgan fingerprint density at radius 3 is 2.21 bits per heavy atom. The lowest BCUT2D eigenvalue weighted by Gasteiger charge is -2.23.